The Hall–Kier alpha value is -2.07. The molecule has 2 rings (SSSR count). The van der Waals surface area contributed by atoms with Crippen LogP contribution in [0.25, 0.3) is 0 Å². The number of rotatable bonds is 5. The van der Waals surface area contributed by atoms with Crippen LogP contribution in [0.2, 0.25) is 0 Å². The zero-order valence-corrected chi connectivity index (χ0v) is 11.2. The summed E-state index contributed by atoms with van der Waals surface area (Å²) in [4.78, 5) is 4.31. The van der Waals surface area contributed by atoms with Crippen molar-refractivity contribution in [1.82, 2.24) is 4.98 Å². The molecular formula is C15H18N2O2. The SMILES string of the molecule is CC[C@@H](N)c1ccc(Oc2ccccc2OC)cn1. The number of para-hydroxylation sites is 2. The summed E-state index contributed by atoms with van der Waals surface area (Å²) in [6.07, 6.45) is 2.54. The zero-order chi connectivity index (χ0) is 13.7. The minimum Gasteiger partial charge on any atom is -0.493 e. The maximum absolute atomic E-state index is 5.92. The number of aromatic nitrogens is 1. The first-order valence-corrected chi connectivity index (χ1v) is 6.27. The van der Waals surface area contributed by atoms with Crippen molar-refractivity contribution in [3.63, 3.8) is 0 Å². The summed E-state index contributed by atoms with van der Waals surface area (Å²) in [5.41, 5.74) is 6.79. The second-order valence-electron chi connectivity index (χ2n) is 4.19. The van der Waals surface area contributed by atoms with E-state index in [9.17, 15) is 0 Å². The fraction of sp³-hybridized carbons (Fsp3) is 0.267. The first-order chi connectivity index (χ1) is 9.24. The van der Waals surface area contributed by atoms with Crippen molar-refractivity contribution in [2.45, 2.75) is 19.4 Å². The molecule has 0 radical (unpaired) electrons. The molecule has 19 heavy (non-hydrogen) atoms. The van der Waals surface area contributed by atoms with Crippen LogP contribution in [0.15, 0.2) is 42.6 Å². The Morgan fingerprint density at radius 3 is 2.47 bits per heavy atom. The minimum absolute atomic E-state index is 0.0275. The number of nitrogens with two attached hydrogens (primary N) is 1. The molecule has 100 valence electrons. The van der Waals surface area contributed by atoms with Crippen LogP contribution in [0.4, 0.5) is 0 Å². The van der Waals surface area contributed by atoms with E-state index in [2.05, 4.69) is 4.98 Å². The van der Waals surface area contributed by atoms with Crippen molar-refractivity contribution >= 4 is 0 Å². The van der Waals surface area contributed by atoms with Crippen LogP contribution in [0, 0.1) is 0 Å². The average molecular weight is 258 g/mol. The lowest BCUT2D eigenvalue weighted by atomic mass is 10.1. The minimum atomic E-state index is -0.0275. The first kappa shape index (κ1) is 13.4. The molecule has 1 heterocycles. The van der Waals surface area contributed by atoms with Gasteiger partial charge in [0, 0.05) is 6.04 Å². The monoisotopic (exact) mass is 258 g/mol. The van der Waals surface area contributed by atoms with Gasteiger partial charge in [0.05, 0.1) is 19.0 Å². The molecule has 1 aromatic heterocycles. The van der Waals surface area contributed by atoms with Crippen LogP contribution >= 0.6 is 0 Å². The van der Waals surface area contributed by atoms with Crippen molar-refractivity contribution < 1.29 is 9.47 Å². The Bertz CT molecular complexity index is 526. The van der Waals surface area contributed by atoms with E-state index < -0.39 is 0 Å². The maximum Gasteiger partial charge on any atom is 0.169 e. The Morgan fingerprint density at radius 1 is 1.16 bits per heavy atom. The van der Waals surface area contributed by atoms with Crippen LogP contribution in [-0.2, 0) is 0 Å². The van der Waals surface area contributed by atoms with Crippen molar-refractivity contribution in [2.24, 2.45) is 5.73 Å². The molecule has 2 N–H and O–H groups in total. The van der Waals surface area contributed by atoms with Gasteiger partial charge < -0.3 is 15.2 Å². The summed E-state index contributed by atoms with van der Waals surface area (Å²) in [5.74, 6) is 2.02. The van der Waals surface area contributed by atoms with E-state index in [1.807, 2.05) is 43.3 Å². The van der Waals surface area contributed by atoms with E-state index in [0.717, 1.165) is 12.1 Å². The molecular weight excluding hydrogens is 240 g/mol. The Kier molecular flexibility index (Phi) is 4.36. The van der Waals surface area contributed by atoms with E-state index >= 15 is 0 Å². The molecule has 0 aliphatic rings. The molecule has 1 aromatic carbocycles. The highest BCUT2D eigenvalue weighted by Crippen LogP contribution is 2.30. The van der Waals surface area contributed by atoms with E-state index in [0.29, 0.717) is 17.2 Å². The number of benzene rings is 1. The van der Waals surface area contributed by atoms with Gasteiger partial charge in [0.25, 0.3) is 0 Å². The number of ether oxygens (including phenoxy) is 2. The molecule has 0 saturated carbocycles. The number of hydrogen-bond acceptors (Lipinski definition) is 4. The molecule has 0 saturated heterocycles. The third-order valence-corrected chi connectivity index (χ3v) is 2.88. The van der Waals surface area contributed by atoms with E-state index in [1.54, 1.807) is 13.3 Å². The van der Waals surface area contributed by atoms with Gasteiger partial charge in [-0.05, 0) is 30.7 Å². The lowest BCUT2D eigenvalue weighted by Gasteiger charge is -2.11. The smallest absolute Gasteiger partial charge is 0.169 e. The second kappa shape index (κ2) is 6.20. The third kappa shape index (κ3) is 3.23. The highest BCUT2D eigenvalue weighted by Gasteiger charge is 2.07. The fourth-order valence-electron chi connectivity index (χ4n) is 1.71. The second-order valence-corrected chi connectivity index (χ2v) is 4.19. The zero-order valence-electron chi connectivity index (χ0n) is 11.2. The Labute approximate surface area is 113 Å². The van der Waals surface area contributed by atoms with E-state index in [1.165, 1.54) is 0 Å². The molecule has 4 nitrogen and oxygen atoms in total. The normalized spacial score (nSPS) is 11.9. The highest BCUT2D eigenvalue weighted by atomic mass is 16.5. The largest absolute Gasteiger partial charge is 0.493 e. The van der Waals surface area contributed by atoms with Gasteiger partial charge in [-0.3, -0.25) is 4.98 Å². The third-order valence-electron chi connectivity index (χ3n) is 2.88. The van der Waals surface area contributed by atoms with Crippen LogP contribution < -0.4 is 15.2 Å². The van der Waals surface area contributed by atoms with Gasteiger partial charge in [-0.2, -0.15) is 0 Å². The number of pyridine rings is 1. The molecule has 0 amide bonds. The van der Waals surface area contributed by atoms with E-state index in [-0.39, 0.29) is 6.04 Å². The molecule has 1 atom stereocenters. The van der Waals surface area contributed by atoms with Gasteiger partial charge in [0.15, 0.2) is 11.5 Å². The molecule has 0 bridgehead atoms. The molecule has 0 aliphatic heterocycles. The summed E-state index contributed by atoms with van der Waals surface area (Å²) in [5, 5.41) is 0. The molecule has 0 aliphatic carbocycles. The van der Waals surface area contributed by atoms with E-state index in [4.69, 9.17) is 15.2 Å². The molecule has 0 spiro atoms. The summed E-state index contributed by atoms with van der Waals surface area (Å²) < 4.78 is 11.0. The van der Waals surface area contributed by atoms with Crippen LogP contribution in [0.3, 0.4) is 0 Å². The van der Waals surface area contributed by atoms with Crippen molar-refractivity contribution in [3.05, 3.63) is 48.3 Å². The summed E-state index contributed by atoms with van der Waals surface area (Å²) >= 11 is 0. The summed E-state index contributed by atoms with van der Waals surface area (Å²) in [7, 11) is 1.61. The quantitative estimate of drug-likeness (QED) is 0.894. The number of nitrogens with zero attached hydrogens (tertiary/aromatic N) is 1. The number of hydrogen-bond donors (Lipinski definition) is 1. The molecule has 0 unspecified atom stereocenters. The lowest BCUT2D eigenvalue weighted by molar-refractivity contribution is 0.378. The molecule has 0 fully saturated rings. The lowest BCUT2D eigenvalue weighted by Crippen LogP contribution is -2.10. The maximum atomic E-state index is 5.92. The van der Waals surface area contributed by atoms with Gasteiger partial charge in [-0.1, -0.05) is 19.1 Å². The van der Waals surface area contributed by atoms with Crippen molar-refractivity contribution in [1.29, 1.82) is 0 Å². The van der Waals surface area contributed by atoms with Crippen LogP contribution in [-0.4, -0.2) is 12.1 Å². The predicted octanol–water partition coefficient (Wildman–Crippen LogP) is 3.29. The van der Waals surface area contributed by atoms with Gasteiger partial charge in [0.1, 0.15) is 5.75 Å². The van der Waals surface area contributed by atoms with Gasteiger partial charge in [-0.15, -0.1) is 0 Å². The summed E-state index contributed by atoms with van der Waals surface area (Å²) in [6, 6.07) is 11.2. The van der Waals surface area contributed by atoms with Crippen molar-refractivity contribution in [2.75, 3.05) is 7.11 Å². The Balaban J connectivity index is 2.15. The standard InChI is InChI=1S/C15H18N2O2/c1-3-12(16)13-9-8-11(10-17-13)19-15-7-5-4-6-14(15)18-2/h4-10,12H,3,16H2,1-2H3/t12-/m1/s1. The van der Waals surface area contributed by atoms with Crippen LogP contribution in [0.5, 0.6) is 17.2 Å². The highest BCUT2D eigenvalue weighted by molar-refractivity contribution is 5.42. The molecule has 4 heteroatoms. The van der Waals surface area contributed by atoms with Gasteiger partial charge in [0.2, 0.25) is 0 Å². The van der Waals surface area contributed by atoms with Crippen LogP contribution in [0.1, 0.15) is 25.1 Å². The van der Waals surface area contributed by atoms with Gasteiger partial charge >= 0.3 is 0 Å². The topological polar surface area (TPSA) is 57.4 Å². The Morgan fingerprint density at radius 2 is 1.89 bits per heavy atom. The predicted molar refractivity (Wildman–Crippen MR) is 74.5 cm³/mol. The fourth-order valence-corrected chi connectivity index (χ4v) is 1.71. The number of methoxy groups -OCH3 is 1. The average Bonchev–Trinajstić information content (AvgIpc) is 2.48. The van der Waals surface area contributed by atoms with Gasteiger partial charge in [-0.25, -0.2) is 0 Å². The molecule has 2 aromatic rings. The summed E-state index contributed by atoms with van der Waals surface area (Å²) in [6.45, 7) is 2.03. The van der Waals surface area contributed by atoms with Crippen molar-refractivity contribution in [3.8, 4) is 17.2 Å². The first-order valence-electron chi connectivity index (χ1n) is 6.27.